The summed E-state index contributed by atoms with van der Waals surface area (Å²) in [4.78, 5) is 24.3. The van der Waals surface area contributed by atoms with Gasteiger partial charge in [-0.25, -0.2) is 0 Å². The van der Waals surface area contributed by atoms with Crippen LogP contribution >= 0.6 is 23.2 Å². The number of nitrogens with zero attached hydrogens (tertiary/aromatic N) is 1. The van der Waals surface area contributed by atoms with E-state index < -0.39 is 10.4 Å². The minimum Gasteiger partial charge on any atom is -0.481 e. The van der Waals surface area contributed by atoms with Gasteiger partial charge in [-0.05, 0) is 30.3 Å². The van der Waals surface area contributed by atoms with E-state index in [9.17, 15) is 14.9 Å². The third kappa shape index (κ3) is 4.07. The third-order valence-electron chi connectivity index (χ3n) is 5.28. The molecule has 172 valence electrons. The molecule has 0 N–H and O–H groups in total. The number of benzene rings is 3. The molecule has 0 atom stereocenters. The minimum atomic E-state index is -0.514. The van der Waals surface area contributed by atoms with E-state index in [0.29, 0.717) is 38.1 Å². The number of fused-ring (bicyclic) bond motifs is 2. The van der Waals surface area contributed by atoms with Crippen molar-refractivity contribution in [1.29, 1.82) is 0 Å². The maximum Gasteiger partial charge on any atom is 0.270 e. The highest BCUT2D eigenvalue weighted by Crippen LogP contribution is 2.37. The number of nitro groups is 1. The van der Waals surface area contributed by atoms with Gasteiger partial charge in [-0.2, -0.15) is 0 Å². The van der Waals surface area contributed by atoms with Gasteiger partial charge in [0, 0.05) is 33.8 Å². The zero-order valence-electron chi connectivity index (χ0n) is 17.4. The molecular weight excluding hydrogens is 485 g/mol. The maximum atomic E-state index is 13.4. The summed E-state index contributed by atoms with van der Waals surface area (Å²) in [6.45, 7) is -0.0386. The van der Waals surface area contributed by atoms with Crippen LogP contribution in [-0.2, 0) is 18.0 Å². The zero-order valence-corrected chi connectivity index (χ0v) is 18.9. The molecule has 0 unspecified atom stereocenters. The molecule has 0 aliphatic carbocycles. The standard InChI is InChI=1S/C24H15Cl2NO7/c25-15-5-6-20-18(9-15)21(28)24(23(34-20)17-3-1-2-4-19(17)26)32-11-14-8-16(27(29)30)7-13-10-31-12-33-22(13)14/h1-9H,10-12H2. The summed E-state index contributed by atoms with van der Waals surface area (Å²) in [5.41, 5.74) is 1.08. The first-order valence-corrected chi connectivity index (χ1v) is 10.8. The highest BCUT2D eigenvalue weighted by Gasteiger charge is 2.24. The Kier molecular flexibility index (Phi) is 5.87. The van der Waals surface area contributed by atoms with Crippen LogP contribution < -0.4 is 14.9 Å². The lowest BCUT2D eigenvalue weighted by molar-refractivity contribution is -0.385. The normalized spacial score (nSPS) is 12.8. The predicted octanol–water partition coefficient (Wildman–Crippen LogP) is 6.12. The van der Waals surface area contributed by atoms with Crippen LogP contribution in [0.4, 0.5) is 5.69 Å². The molecule has 8 nitrogen and oxygen atoms in total. The second-order valence-corrected chi connectivity index (χ2v) is 8.30. The predicted molar refractivity (Wildman–Crippen MR) is 126 cm³/mol. The fourth-order valence-corrected chi connectivity index (χ4v) is 4.14. The van der Waals surface area contributed by atoms with Gasteiger partial charge in [-0.15, -0.1) is 0 Å². The van der Waals surface area contributed by atoms with E-state index in [-0.39, 0.29) is 42.6 Å². The summed E-state index contributed by atoms with van der Waals surface area (Å²) in [6, 6.07) is 14.3. The Morgan fingerprint density at radius 1 is 1.09 bits per heavy atom. The van der Waals surface area contributed by atoms with Crippen molar-refractivity contribution >= 4 is 39.9 Å². The summed E-state index contributed by atoms with van der Waals surface area (Å²) in [5, 5.41) is 12.4. The number of ether oxygens (including phenoxy) is 3. The van der Waals surface area contributed by atoms with Gasteiger partial charge in [-0.1, -0.05) is 35.3 Å². The van der Waals surface area contributed by atoms with E-state index in [0.717, 1.165) is 0 Å². The molecule has 0 saturated heterocycles. The molecule has 1 aromatic heterocycles. The number of non-ortho nitro benzene ring substituents is 1. The van der Waals surface area contributed by atoms with Crippen LogP contribution in [0.3, 0.4) is 0 Å². The van der Waals surface area contributed by atoms with Crippen molar-refractivity contribution in [2.24, 2.45) is 0 Å². The molecular formula is C24H15Cl2NO7. The summed E-state index contributed by atoms with van der Waals surface area (Å²) in [5.74, 6) is 0.452. The second-order valence-electron chi connectivity index (χ2n) is 7.46. The molecule has 0 fully saturated rings. The monoisotopic (exact) mass is 499 g/mol. The molecule has 0 saturated carbocycles. The number of hydrogen-bond donors (Lipinski definition) is 0. The van der Waals surface area contributed by atoms with Gasteiger partial charge < -0.3 is 18.6 Å². The first-order chi connectivity index (χ1) is 16.4. The van der Waals surface area contributed by atoms with E-state index in [1.165, 1.54) is 18.2 Å². The Morgan fingerprint density at radius 2 is 1.91 bits per heavy atom. The van der Waals surface area contributed by atoms with Gasteiger partial charge >= 0.3 is 0 Å². The molecule has 0 spiro atoms. The number of rotatable bonds is 5. The Hall–Kier alpha value is -3.59. The van der Waals surface area contributed by atoms with E-state index in [4.69, 9.17) is 41.8 Å². The highest BCUT2D eigenvalue weighted by atomic mass is 35.5. The third-order valence-corrected chi connectivity index (χ3v) is 5.85. The van der Waals surface area contributed by atoms with Crippen molar-refractivity contribution < 1.29 is 23.6 Å². The Morgan fingerprint density at radius 3 is 2.71 bits per heavy atom. The molecule has 2 heterocycles. The quantitative estimate of drug-likeness (QED) is 0.240. The van der Waals surface area contributed by atoms with Gasteiger partial charge in [0.1, 0.15) is 17.9 Å². The lowest BCUT2D eigenvalue weighted by Crippen LogP contribution is -2.16. The first-order valence-electron chi connectivity index (χ1n) is 10.1. The molecule has 3 aromatic carbocycles. The largest absolute Gasteiger partial charge is 0.481 e. The van der Waals surface area contributed by atoms with Gasteiger partial charge in [0.25, 0.3) is 5.69 Å². The lowest BCUT2D eigenvalue weighted by atomic mass is 10.1. The zero-order chi connectivity index (χ0) is 23.8. The molecule has 4 aromatic rings. The minimum absolute atomic E-state index is 0.000698. The first kappa shape index (κ1) is 22.2. The van der Waals surface area contributed by atoms with E-state index in [1.807, 2.05) is 0 Å². The molecule has 1 aliphatic rings. The average molecular weight is 500 g/mol. The molecule has 0 amide bonds. The average Bonchev–Trinajstić information content (AvgIpc) is 2.83. The van der Waals surface area contributed by atoms with E-state index in [2.05, 4.69) is 0 Å². The number of nitro benzene ring substituents is 1. The fraction of sp³-hybridized carbons (Fsp3) is 0.125. The topological polar surface area (TPSA) is 101 Å². The maximum absolute atomic E-state index is 13.4. The fourth-order valence-electron chi connectivity index (χ4n) is 3.75. The summed E-state index contributed by atoms with van der Waals surface area (Å²) in [7, 11) is 0. The van der Waals surface area contributed by atoms with Crippen LogP contribution in [0, 0.1) is 10.1 Å². The van der Waals surface area contributed by atoms with Crippen LogP contribution in [0.2, 0.25) is 10.0 Å². The van der Waals surface area contributed by atoms with Crippen molar-refractivity contribution in [2.75, 3.05) is 6.79 Å². The van der Waals surface area contributed by atoms with Crippen molar-refractivity contribution in [3.05, 3.63) is 96.1 Å². The van der Waals surface area contributed by atoms with Gasteiger partial charge in [0.05, 0.1) is 21.9 Å². The van der Waals surface area contributed by atoms with Crippen molar-refractivity contribution in [1.82, 2.24) is 0 Å². The van der Waals surface area contributed by atoms with Crippen molar-refractivity contribution in [3.8, 4) is 22.8 Å². The van der Waals surface area contributed by atoms with Crippen LogP contribution in [0.25, 0.3) is 22.3 Å². The lowest BCUT2D eigenvalue weighted by Gasteiger charge is -2.21. The molecule has 10 heteroatoms. The molecule has 1 aliphatic heterocycles. The van der Waals surface area contributed by atoms with Crippen LogP contribution in [0.15, 0.2) is 63.8 Å². The van der Waals surface area contributed by atoms with Crippen LogP contribution in [0.5, 0.6) is 11.5 Å². The number of halogens is 2. The smallest absolute Gasteiger partial charge is 0.270 e. The molecule has 34 heavy (non-hydrogen) atoms. The van der Waals surface area contributed by atoms with Gasteiger partial charge in [-0.3, -0.25) is 14.9 Å². The molecule has 0 bridgehead atoms. The van der Waals surface area contributed by atoms with Gasteiger partial charge in [0.15, 0.2) is 12.6 Å². The van der Waals surface area contributed by atoms with Crippen LogP contribution in [-0.4, -0.2) is 11.7 Å². The SMILES string of the molecule is O=c1c(OCc2cc([N+](=O)[O-])cc3c2OCOC3)c(-c2ccccc2Cl)oc2ccc(Cl)cc12. The van der Waals surface area contributed by atoms with Crippen LogP contribution in [0.1, 0.15) is 11.1 Å². The molecule has 5 rings (SSSR count). The summed E-state index contributed by atoms with van der Waals surface area (Å²) >= 11 is 12.5. The van der Waals surface area contributed by atoms with Crippen molar-refractivity contribution in [3.63, 3.8) is 0 Å². The van der Waals surface area contributed by atoms with Gasteiger partial charge in [0.2, 0.25) is 11.2 Å². The Labute approximate surface area is 202 Å². The van der Waals surface area contributed by atoms with Crippen molar-refractivity contribution in [2.45, 2.75) is 13.2 Å². The van der Waals surface area contributed by atoms with E-state index >= 15 is 0 Å². The second kappa shape index (κ2) is 8.98. The van der Waals surface area contributed by atoms with E-state index in [1.54, 1.807) is 36.4 Å². The Balaban J connectivity index is 1.65. The summed E-state index contributed by atoms with van der Waals surface area (Å²) in [6.07, 6.45) is 0. The summed E-state index contributed by atoms with van der Waals surface area (Å²) < 4.78 is 22.8. The number of hydrogen-bond acceptors (Lipinski definition) is 7. The molecule has 0 radical (unpaired) electrons. The highest BCUT2D eigenvalue weighted by molar-refractivity contribution is 6.33. The Bertz CT molecular complexity index is 1500.